The van der Waals surface area contributed by atoms with Crippen LogP contribution in [-0.2, 0) is 0 Å². The largest absolute Gasteiger partial charge is 0.551 e. The molecule has 10 rings (SSSR count). The molecule has 2 aliphatic heterocycles. The maximum absolute atomic E-state index is 6.89. The average molecular weight is 587 g/mol. The van der Waals surface area contributed by atoms with Gasteiger partial charge in [0.05, 0.1) is 11.0 Å². The van der Waals surface area contributed by atoms with Gasteiger partial charge in [0, 0.05) is 39.0 Å². The molecule has 2 aliphatic rings. The van der Waals surface area contributed by atoms with Crippen molar-refractivity contribution in [3.8, 4) is 56.3 Å². The third-order valence-electron chi connectivity index (χ3n) is 9.47. The van der Waals surface area contributed by atoms with Gasteiger partial charge in [0.25, 0.3) is 0 Å². The van der Waals surface area contributed by atoms with E-state index in [0.29, 0.717) is 0 Å². The Kier molecular flexibility index (Phi) is 5.37. The first-order valence-electron chi connectivity index (χ1n) is 15.7. The van der Waals surface area contributed by atoms with Gasteiger partial charge in [-0.3, -0.25) is 0 Å². The molecule has 0 aliphatic carbocycles. The highest BCUT2D eigenvalue weighted by Crippen LogP contribution is 2.42. The van der Waals surface area contributed by atoms with E-state index in [4.69, 9.17) is 9.39 Å². The molecule has 46 heavy (non-hydrogen) atoms. The highest BCUT2D eigenvalue weighted by molar-refractivity contribution is 6.84. The monoisotopic (exact) mass is 587 g/mol. The second kappa shape index (κ2) is 9.75. The maximum Gasteiger partial charge on any atom is 0.434 e. The first-order chi connectivity index (χ1) is 22.8. The number of para-hydroxylation sites is 3. The van der Waals surface area contributed by atoms with Crippen LogP contribution in [0.2, 0.25) is 0 Å². The van der Waals surface area contributed by atoms with Crippen LogP contribution in [0, 0.1) is 0 Å². The van der Waals surface area contributed by atoms with Gasteiger partial charge in [-0.1, -0.05) is 109 Å². The average Bonchev–Trinajstić information content (AvgIpc) is 3.46. The van der Waals surface area contributed by atoms with Crippen LogP contribution in [0.5, 0.6) is 17.2 Å². The number of hydrogen-bond acceptors (Lipinski definition) is 2. The summed E-state index contributed by atoms with van der Waals surface area (Å²) in [6, 6.07) is 55.8. The molecule has 4 heteroatoms. The molecule has 0 bridgehead atoms. The number of aromatic nitrogens is 1. The van der Waals surface area contributed by atoms with Gasteiger partial charge in [-0.2, -0.15) is 0 Å². The molecule has 1 aromatic heterocycles. The van der Waals surface area contributed by atoms with Crippen molar-refractivity contribution in [2.45, 2.75) is 0 Å². The van der Waals surface area contributed by atoms with Crippen molar-refractivity contribution in [3.05, 3.63) is 158 Å². The van der Waals surface area contributed by atoms with Gasteiger partial charge >= 0.3 is 6.92 Å². The third-order valence-corrected chi connectivity index (χ3v) is 9.47. The van der Waals surface area contributed by atoms with Crippen molar-refractivity contribution in [2.24, 2.45) is 0 Å². The Labute approximate surface area is 267 Å². The smallest absolute Gasteiger partial charge is 0.434 e. The minimum atomic E-state index is -0.263. The van der Waals surface area contributed by atoms with E-state index >= 15 is 0 Å². The molecule has 214 valence electrons. The van der Waals surface area contributed by atoms with Crippen molar-refractivity contribution in [2.75, 3.05) is 0 Å². The summed E-state index contributed by atoms with van der Waals surface area (Å²) in [4.78, 5) is 0. The van der Waals surface area contributed by atoms with Crippen LogP contribution in [0.25, 0.3) is 60.9 Å². The van der Waals surface area contributed by atoms with Crippen molar-refractivity contribution in [1.29, 1.82) is 0 Å². The van der Waals surface area contributed by atoms with Crippen molar-refractivity contribution in [3.63, 3.8) is 0 Å². The van der Waals surface area contributed by atoms with E-state index in [9.17, 15) is 0 Å². The minimum absolute atomic E-state index is 0.263. The summed E-state index contributed by atoms with van der Waals surface area (Å²) < 4.78 is 16.0. The summed E-state index contributed by atoms with van der Waals surface area (Å²) in [5, 5.41) is 2.47. The van der Waals surface area contributed by atoms with Crippen molar-refractivity contribution >= 4 is 39.6 Å². The Hall–Kier alpha value is -6.00. The second-order valence-corrected chi connectivity index (χ2v) is 12.1. The fourth-order valence-electron chi connectivity index (χ4n) is 7.36. The molecule has 0 atom stereocenters. The Balaban J connectivity index is 1.16. The molecule has 3 nitrogen and oxygen atoms in total. The topological polar surface area (TPSA) is 23.4 Å². The van der Waals surface area contributed by atoms with Crippen LogP contribution in [0.15, 0.2) is 158 Å². The summed E-state index contributed by atoms with van der Waals surface area (Å²) in [6.07, 6.45) is 0. The van der Waals surface area contributed by atoms with E-state index in [-0.39, 0.29) is 6.92 Å². The van der Waals surface area contributed by atoms with Crippen LogP contribution >= 0.6 is 0 Å². The fourth-order valence-corrected chi connectivity index (χ4v) is 7.36. The number of ether oxygens (including phenoxy) is 1. The zero-order valence-electron chi connectivity index (χ0n) is 24.9. The zero-order chi connectivity index (χ0) is 30.2. The molecule has 0 fully saturated rings. The maximum atomic E-state index is 6.89. The van der Waals surface area contributed by atoms with Crippen molar-refractivity contribution in [1.82, 2.24) is 4.57 Å². The summed E-state index contributed by atoms with van der Waals surface area (Å²) in [5.74, 6) is 2.54. The Bertz CT molecular complexity index is 2440. The highest BCUT2D eigenvalue weighted by Gasteiger charge is 2.41. The first-order valence-corrected chi connectivity index (χ1v) is 15.7. The molecule has 8 aromatic rings. The lowest BCUT2D eigenvalue weighted by atomic mass is 9.50. The van der Waals surface area contributed by atoms with E-state index in [0.717, 1.165) is 56.1 Å². The van der Waals surface area contributed by atoms with Gasteiger partial charge < -0.3 is 14.0 Å². The fraction of sp³-hybridized carbons (Fsp3) is 0. The van der Waals surface area contributed by atoms with E-state index < -0.39 is 0 Å². The second-order valence-electron chi connectivity index (χ2n) is 12.1. The predicted molar refractivity (Wildman–Crippen MR) is 189 cm³/mol. The van der Waals surface area contributed by atoms with E-state index in [1.807, 2.05) is 6.07 Å². The normalized spacial score (nSPS) is 12.7. The lowest BCUT2D eigenvalue weighted by Crippen LogP contribution is -2.53. The van der Waals surface area contributed by atoms with Gasteiger partial charge in [0.1, 0.15) is 17.2 Å². The molecule has 7 aromatic carbocycles. The SMILES string of the molecule is c1ccc(-c2cccc(-c3cc4c5c(c3)-c3ccccc3OB5c3ccc(-n5c6ccccc6c6ccccc65)cc3O4)c2)cc1. The van der Waals surface area contributed by atoms with Gasteiger partial charge in [0.2, 0.25) is 0 Å². The number of benzene rings is 7. The molecule has 0 radical (unpaired) electrons. The van der Waals surface area contributed by atoms with Crippen LogP contribution in [0.4, 0.5) is 0 Å². The number of hydrogen-bond donors (Lipinski definition) is 0. The standard InChI is InChI=1S/C42H26BNO2/c1-2-11-27(12-3-1)28-13-10-14-29(23-28)30-24-35-34-17-6-9-20-39(34)46-43-36-22-21-31(26-40(36)45-41(25-30)42(35)43)44-37-18-7-4-15-32(37)33-16-5-8-19-38(33)44/h1-26H. The highest BCUT2D eigenvalue weighted by atomic mass is 16.5. The van der Waals surface area contributed by atoms with Gasteiger partial charge in [-0.05, 0) is 70.3 Å². The molecule has 0 saturated carbocycles. The summed E-state index contributed by atoms with van der Waals surface area (Å²) in [5.41, 5.74) is 12.4. The number of fused-ring (bicyclic) bond motifs is 7. The molecule has 3 heterocycles. The summed E-state index contributed by atoms with van der Waals surface area (Å²) >= 11 is 0. The Morgan fingerprint density at radius 1 is 0.435 bits per heavy atom. The van der Waals surface area contributed by atoms with E-state index in [1.54, 1.807) is 0 Å². The summed E-state index contributed by atoms with van der Waals surface area (Å²) in [6.45, 7) is -0.263. The van der Waals surface area contributed by atoms with E-state index in [2.05, 4.69) is 156 Å². The van der Waals surface area contributed by atoms with Gasteiger partial charge in [-0.25, -0.2) is 0 Å². The molecule has 0 unspecified atom stereocenters. The summed E-state index contributed by atoms with van der Waals surface area (Å²) in [7, 11) is 0. The lowest BCUT2D eigenvalue weighted by molar-refractivity contribution is 0.479. The van der Waals surface area contributed by atoms with Gasteiger partial charge in [0.15, 0.2) is 0 Å². The molecule has 0 amide bonds. The molecule has 0 saturated heterocycles. The van der Waals surface area contributed by atoms with Gasteiger partial charge in [-0.15, -0.1) is 0 Å². The van der Waals surface area contributed by atoms with E-state index in [1.165, 1.54) is 32.9 Å². The molecule has 0 spiro atoms. The molecular weight excluding hydrogens is 561 g/mol. The third kappa shape index (κ3) is 3.74. The number of rotatable bonds is 3. The quantitative estimate of drug-likeness (QED) is 0.192. The van der Waals surface area contributed by atoms with Crippen LogP contribution in [0.1, 0.15) is 0 Å². The van der Waals surface area contributed by atoms with Crippen LogP contribution < -0.4 is 20.3 Å². The predicted octanol–water partition coefficient (Wildman–Crippen LogP) is 9.39. The molecule has 0 N–H and O–H groups in total. The Morgan fingerprint density at radius 2 is 1.11 bits per heavy atom. The van der Waals surface area contributed by atoms with Crippen LogP contribution in [0.3, 0.4) is 0 Å². The minimum Gasteiger partial charge on any atom is -0.551 e. The first kappa shape index (κ1) is 25.3. The Morgan fingerprint density at radius 3 is 1.91 bits per heavy atom. The lowest BCUT2D eigenvalue weighted by Gasteiger charge is -2.33. The molecular formula is C42H26BNO2. The van der Waals surface area contributed by atoms with Crippen LogP contribution in [-0.4, -0.2) is 11.5 Å². The number of nitrogens with zero attached hydrogens (tertiary/aromatic N) is 1. The van der Waals surface area contributed by atoms with Crippen molar-refractivity contribution < 1.29 is 9.39 Å². The zero-order valence-corrected chi connectivity index (χ0v) is 24.9.